The van der Waals surface area contributed by atoms with E-state index >= 15 is 0 Å². The van der Waals surface area contributed by atoms with Gasteiger partial charge in [0.1, 0.15) is 23.8 Å². The molecule has 36 heavy (non-hydrogen) atoms. The van der Waals surface area contributed by atoms with Gasteiger partial charge < -0.3 is 23.8 Å². The molecular formula is C27H35N3O6. The van der Waals surface area contributed by atoms with Crippen molar-refractivity contribution in [3.05, 3.63) is 53.6 Å². The fraction of sp³-hybridized carbons (Fsp3) is 0.444. The molecule has 2 aromatic carbocycles. The van der Waals surface area contributed by atoms with Crippen LogP contribution in [0, 0.1) is 5.92 Å². The second kappa shape index (κ2) is 12.4. The minimum Gasteiger partial charge on any atom is -0.497 e. The normalized spacial score (nSPS) is 15.0. The molecular weight excluding hydrogens is 462 g/mol. The summed E-state index contributed by atoms with van der Waals surface area (Å²) < 4.78 is 21.4. The first-order valence-corrected chi connectivity index (χ1v) is 11.9. The zero-order valence-corrected chi connectivity index (χ0v) is 21.8. The number of ether oxygens (including phenoxy) is 4. The maximum Gasteiger partial charge on any atom is 0.262 e. The van der Waals surface area contributed by atoms with Gasteiger partial charge in [0.25, 0.3) is 5.91 Å². The summed E-state index contributed by atoms with van der Waals surface area (Å²) in [6, 6.07) is 12.7. The average molecular weight is 498 g/mol. The van der Waals surface area contributed by atoms with Crippen molar-refractivity contribution in [2.24, 2.45) is 11.0 Å². The maximum absolute atomic E-state index is 13.6. The summed E-state index contributed by atoms with van der Waals surface area (Å²) in [7, 11) is 6.36. The molecule has 0 spiro atoms. The van der Waals surface area contributed by atoms with Crippen LogP contribution in [-0.4, -0.2) is 75.6 Å². The number of nitrogens with zero attached hydrogens (tertiary/aromatic N) is 3. The highest BCUT2D eigenvalue weighted by Gasteiger charge is 2.35. The van der Waals surface area contributed by atoms with Crippen molar-refractivity contribution in [1.29, 1.82) is 0 Å². The first-order chi connectivity index (χ1) is 17.3. The molecule has 3 rings (SSSR count). The summed E-state index contributed by atoms with van der Waals surface area (Å²) in [5.74, 6) is 1.36. The van der Waals surface area contributed by atoms with Crippen LogP contribution >= 0.6 is 0 Å². The molecule has 1 heterocycles. The predicted octanol–water partition coefficient (Wildman–Crippen LogP) is 3.52. The van der Waals surface area contributed by atoms with Gasteiger partial charge in [0.15, 0.2) is 0 Å². The number of benzene rings is 2. The van der Waals surface area contributed by atoms with Gasteiger partial charge in [-0.1, -0.05) is 26.0 Å². The third kappa shape index (κ3) is 6.15. The van der Waals surface area contributed by atoms with Crippen molar-refractivity contribution in [1.82, 2.24) is 9.91 Å². The quantitative estimate of drug-likeness (QED) is 0.472. The lowest BCUT2D eigenvalue weighted by Gasteiger charge is -2.28. The van der Waals surface area contributed by atoms with Gasteiger partial charge >= 0.3 is 0 Å². The lowest BCUT2D eigenvalue weighted by atomic mass is 9.97. The van der Waals surface area contributed by atoms with Crippen molar-refractivity contribution in [3.63, 3.8) is 0 Å². The Balaban J connectivity index is 1.97. The zero-order chi connectivity index (χ0) is 26.2. The van der Waals surface area contributed by atoms with E-state index in [1.165, 1.54) is 9.91 Å². The third-order valence-corrected chi connectivity index (χ3v) is 6.08. The predicted molar refractivity (Wildman–Crippen MR) is 137 cm³/mol. The van der Waals surface area contributed by atoms with Gasteiger partial charge in [-0.2, -0.15) is 5.10 Å². The smallest absolute Gasteiger partial charge is 0.262 e. The summed E-state index contributed by atoms with van der Waals surface area (Å²) in [4.78, 5) is 27.9. The van der Waals surface area contributed by atoms with Crippen LogP contribution in [0.15, 0.2) is 47.6 Å². The first kappa shape index (κ1) is 27.0. The maximum atomic E-state index is 13.6. The summed E-state index contributed by atoms with van der Waals surface area (Å²) >= 11 is 0. The molecule has 1 aliphatic rings. The van der Waals surface area contributed by atoms with Crippen LogP contribution in [0.5, 0.6) is 17.2 Å². The lowest BCUT2D eigenvalue weighted by Crippen LogP contribution is -2.44. The number of hydrogen-bond acceptors (Lipinski definition) is 7. The van der Waals surface area contributed by atoms with Gasteiger partial charge in [0.05, 0.1) is 39.7 Å². The molecule has 0 saturated carbocycles. The first-order valence-electron chi connectivity index (χ1n) is 11.9. The molecule has 0 N–H and O–H groups in total. The second-order valence-electron chi connectivity index (χ2n) is 8.75. The Morgan fingerprint density at radius 2 is 1.67 bits per heavy atom. The molecule has 2 amide bonds. The van der Waals surface area contributed by atoms with Gasteiger partial charge in [0, 0.05) is 37.6 Å². The molecule has 0 radical (unpaired) electrons. The highest BCUT2D eigenvalue weighted by atomic mass is 16.5. The van der Waals surface area contributed by atoms with Crippen LogP contribution in [0.3, 0.4) is 0 Å². The number of hydrogen-bond donors (Lipinski definition) is 0. The van der Waals surface area contributed by atoms with Crippen molar-refractivity contribution >= 4 is 17.5 Å². The van der Waals surface area contributed by atoms with Gasteiger partial charge in [-0.05, 0) is 29.8 Å². The lowest BCUT2D eigenvalue weighted by molar-refractivity contribution is -0.143. The van der Waals surface area contributed by atoms with Crippen LogP contribution in [0.1, 0.15) is 37.4 Å². The summed E-state index contributed by atoms with van der Waals surface area (Å²) in [6.07, 6.45) is 0.483. The van der Waals surface area contributed by atoms with Crippen LogP contribution in [0.4, 0.5) is 0 Å². The van der Waals surface area contributed by atoms with Crippen LogP contribution in [-0.2, 0) is 14.3 Å². The van der Waals surface area contributed by atoms with Crippen LogP contribution in [0.25, 0.3) is 0 Å². The molecule has 9 heteroatoms. The van der Waals surface area contributed by atoms with E-state index in [1.54, 1.807) is 34.5 Å². The Bertz CT molecular complexity index is 1080. The minimum atomic E-state index is -0.344. The number of carbonyl (C=O) groups excluding carboxylic acids is 2. The Hall–Kier alpha value is -3.59. The van der Waals surface area contributed by atoms with Crippen molar-refractivity contribution in [3.8, 4) is 17.2 Å². The number of methoxy groups -OCH3 is 4. The molecule has 9 nitrogen and oxygen atoms in total. The van der Waals surface area contributed by atoms with E-state index in [-0.39, 0.29) is 30.3 Å². The van der Waals surface area contributed by atoms with E-state index in [9.17, 15) is 9.59 Å². The van der Waals surface area contributed by atoms with Gasteiger partial charge in [-0.3, -0.25) is 9.59 Å². The highest BCUT2D eigenvalue weighted by Crippen LogP contribution is 2.36. The molecule has 0 fully saturated rings. The third-order valence-electron chi connectivity index (χ3n) is 6.08. The second-order valence-corrected chi connectivity index (χ2v) is 8.75. The SMILES string of the molecule is COCCN(CC(=O)N1N=C(c2ccc(OC)cc2OC)C[C@H]1c1ccc(OC)cc1)C(=O)C(C)C. The molecule has 0 unspecified atom stereocenters. The van der Waals surface area contributed by atoms with E-state index in [0.29, 0.717) is 36.8 Å². The van der Waals surface area contributed by atoms with Crippen LogP contribution in [0.2, 0.25) is 0 Å². The molecule has 1 aliphatic heterocycles. The largest absolute Gasteiger partial charge is 0.497 e. The van der Waals surface area contributed by atoms with E-state index in [1.807, 2.05) is 50.2 Å². The Morgan fingerprint density at radius 1 is 1.00 bits per heavy atom. The fourth-order valence-electron chi connectivity index (χ4n) is 4.10. The van der Waals surface area contributed by atoms with Crippen molar-refractivity contribution in [2.45, 2.75) is 26.3 Å². The standard InChI is InChI=1S/C27H35N3O6/c1-18(2)27(32)29(13-14-33-3)17-26(31)30-24(19-7-9-20(34-4)10-8-19)16-23(28-30)22-12-11-21(35-5)15-25(22)36-6/h7-12,15,18,24H,13-14,16-17H2,1-6H3/t24-/m0/s1. The van der Waals surface area contributed by atoms with E-state index in [0.717, 1.165) is 16.9 Å². The Morgan fingerprint density at radius 3 is 2.25 bits per heavy atom. The molecule has 1 atom stereocenters. The van der Waals surface area contributed by atoms with Gasteiger partial charge in [-0.25, -0.2) is 5.01 Å². The van der Waals surface area contributed by atoms with Crippen LogP contribution < -0.4 is 14.2 Å². The number of amides is 2. The van der Waals surface area contributed by atoms with Gasteiger partial charge in [0.2, 0.25) is 5.91 Å². The summed E-state index contributed by atoms with van der Waals surface area (Å²) in [6.45, 7) is 4.20. The average Bonchev–Trinajstić information content (AvgIpc) is 3.35. The topological polar surface area (TPSA) is 89.9 Å². The number of rotatable bonds is 11. The zero-order valence-electron chi connectivity index (χ0n) is 21.8. The monoisotopic (exact) mass is 497 g/mol. The molecule has 0 aromatic heterocycles. The Labute approximate surface area is 212 Å². The van der Waals surface area contributed by atoms with Gasteiger partial charge in [-0.15, -0.1) is 0 Å². The fourth-order valence-corrected chi connectivity index (χ4v) is 4.10. The highest BCUT2D eigenvalue weighted by molar-refractivity contribution is 6.05. The van der Waals surface area contributed by atoms with E-state index < -0.39 is 0 Å². The molecule has 0 bridgehead atoms. The molecule has 0 aliphatic carbocycles. The summed E-state index contributed by atoms with van der Waals surface area (Å²) in [5, 5.41) is 6.22. The van der Waals surface area contributed by atoms with Crippen molar-refractivity contribution < 1.29 is 28.5 Å². The number of carbonyl (C=O) groups is 2. The van der Waals surface area contributed by atoms with Crippen molar-refractivity contribution in [2.75, 3.05) is 48.1 Å². The molecule has 0 saturated heterocycles. The Kier molecular flexibility index (Phi) is 9.30. The molecule has 194 valence electrons. The van der Waals surface area contributed by atoms with E-state index in [4.69, 9.17) is 24.0 Å². The summed E-state index contributed by atoms with van der Waals surface area (Å²) in [5.41, 5.74) is 2.40. The number of hydrazone groups is 1. The molecule has 2 aromatic rings. The van der Waals surface area contributed by atoms with E-state index in [2.05, 4.69) is 0 Å². The minimum absolute atomic E-state index is 0.0937.